The smallest absolute Gasteiger partial charge is 0.300 e. The molecule has 10 heteroatoms. The number of hydrogen-bond donors (Lipinski definition) is 1. The van der Waals surface area contributed by atoms with Crippen molar-refractivity contribution in [3.63, 3.8) is 0 Å². The lowest BCUT2D eigenvalue weighted by atomic mass is 9.94. The number of ether oxygens (including phenoxy) is 2. The molecule has 1 N–H and O–H groups in total. The summed E-state index contributed by atoms with van der Waals surface area (Å²) in [4.78, 5) is 40.6. The van der Waals surface area contributed by atoms with Crippen molar-refractivity contribution in [3.05, 3.63) is 93.5 Å². The summed E-state index contributed by atoms with van der Waals surface area (Å²) < 4.78 is 10.7. The van der Waals surface area contributed by atoms with Crippen LogP contribution in [-0.2, 0) is 9.59 Å². The molecule has 1 atom stereocenters. The quantitative estimate of drug-likeness (QED) is 0.166. The van der Waals surface area contributed by atoms with E-state index in [2.05, 4.69) is 0 Å². The fraction of sp³-hybridized carbons (Fsp3) is 0.185. The van der Waals surface area contributed by atoms with E-state index in [0.717, 1.165) is 11.8 Å². The highest BCUT2D eigenvalue weighted by Crippen LogP contribution is 2.44. The predicted octanol–water partition coefficient (Wildman–Crippen LogP) is 4.30. The monoisotopic (exact) mass is 503 g/mol. The van der Waals surface area contributed by atoms with E-state index in [4.69, 9.17) is 9.47 Å². The molecule has 1 fully saturated rings. The van der Waals surface area contributed by atoms with Gasteiger partial charge >= 0.3 is 0 Å². The van der Waals surface area contributed by atoms with Crippen molar-refractivity contribution in [2.45, 2.75) is 6.04 Å². The first kappa shape index (κ1) is 25.2. The van der Waals surface area contributed by atoms with Crippen LogP contribution in [0.25, 0.3) is 5.76 Å². The van der Waals surface area contributed by atoms with Crippen LogP contribution in [0.15, 0.2) is 72.3 Å². The average Bonchev–Trinajstić information content (AvgIpc) is 3.17. The first-order valence-corrected chi connectivity index (χ1v) is 11.2. The molecular formula is C27H25N3O7. The molecule has 4 rings (SSSR count). The molecule has 0 aliphatic carbocycles. The van der Waals surface area contributed by atoms with E-state index in [1.807, 2.05) is 19.0 Å². The number of Topliss-reactive ketones (excluding diaryl/α,β-unsaturated/α-hetero) is 1. The Kier molecular flexibility index (Phi) is 6.83. The standard InChI is InChI=1S/C27H25N3O7/c1-28(2)18-9-11-19(12-10-18)29-24(16-8-13-21(36-3)22(15-16)37-4)23(26(32)27(29)33)25(31)17-6-5-7-20(14-17)30(34)35/h5-15,24,31H,1-4H3/b25-23+. The minimum Gasteiger partial charge on any atom is -0.507 e. The van der Waals surface area contributed by atoms with E-state index in [-0.39, 0.29) is 16.8 Å². The van der Waals surface area contributed by atoms with Crippen LogP contribution in [0.4, 0.5) is 17.1 Å². The zero-order chi connectivity index (χ0) is 26.9. The molecule has 1 unspecified atom stereocenters. The third-order valence-corrected chi connectivity index (χ3v) is 6.14. The fourth-order valence-corrected chi connectivity index (χ4v) is 4.27. The molecule has 0 aromatic heterocycles. The number of anilines is 2. The van der Waals surface area contributed by atoms with Gasteiger partial charge in [-0.3, -0.25) is 24.6 Å². The van der Waals surface area contributed by atoms with E-state index in [1.54, 1.807) is 42.5 Å². The van der Waals surface area contributed by atoms with Crippen LogP contribution in [0.3, 0.4) is 0 Å². The normalized spacial score (nSPS) is 16.5. The number of carbonyl (C=O) groups is 2. The van der Waals surface area contributed by atoms with Crippen LogP contribution in [0.2, 0.25) is 0 Å². The second-order valence-electron chi connectivity index (χ2n) is 8.50. The maximum absolute atomic E-state index is 13.4. The maximum atomic E-state index is 13.4. The van der Waals surface area contributed by atoms with E-state index >= 15 is 0 Å². The summed E-state index contributed by atoms with van der Waals surface area (Å²) in [6.07, 6.45) is 0. The van der Waals surface area contributed by atoms with Crippen molar-refractivity contribution in [3.8, 4) is 11.5 Å². The van der Waals surface area contributed by atoms with Gasteiger partial charge in [0.2, 0.25) is 0 Å². The number of aliphatic hydroxyl groups is 1. The summed E-state index contributed by atoms with van der Waals surface area (Å²) >= 11 is 0. The topological polar surface area (TPSA) is 122 Å². The number of rotatable bonds is 7. The molecule has 1 saturated heterocycles. The molecule has 1 amide bonds. The van der Waals surface area contributed by atoms with Crippen molar-refractivity contribution in [1.29, 1.82) is 0 Å². The molecule has 190 valence electrons. The number of nitro benzene ring substituents is 1. The van der Waals surface area contributed by atoms with Gasteiger partial charge in [-0.05, 0) is 42.0 Å². The van der Waals surface area contributed by atoms with Gasteiger partial charge in [-0.15, -0.1) is 0 Å². The van der Waals surface area contributed by atoms with Gasteiger partial charge in [0, 0.05) is 43.2 Å². The van der Waals surface area contributed by atoms with Crippen LogP contribution < -0.4 is 19.3 Å². The number of non-ortho nitro benzene ring substituents is 1. The number of ketones is 1. The molecule has 10 nitrogen and oxygen atoms in total. The Morgan fingerprint density at radius 2 is 1.65 bits per heavy atom. The Hall–Kier alpha value is -4.86. The summed E-state index contributed by atoms with van der Waals surface area (Å²) in [6.45, 7) is 0. The van der Waals surface area contributed by atoms with Gasteiger partial charge in [-0.25, -0.2) is 0 Å². The molecule has 0 saturated carbocycles. The van der Waals surface area contributed by atoms with Gasteiger partial charge in [-0.1, -0.05) is 18.2 Å². The third kappa shape index (κ3) is 4.56. The lowest BCUT2D eigenvalue weighted by molar-refractivity contribution is -0.384. The number of amides is 1. The minimum absolute atomic E-state index is 0.0423. The van der Waals surface area contributed by atoms with Crippen molar-refractivity contribution in [2.24, 2.45) is 0 Å². The summed E-state index contributed by atoms with van der Waals surface area (Å²) in [5.74, 6) is -1.47. The molecular weight excluding hydrogens is 478 g/mol. The second-order valence-corrected chi connectivity index (χ2v) is 8.50. The van der Waals surface area contributed by atoms with Crippen LogP contribution in [-0.4, -0.2) is 50.0 Å². The molecule has 3 aromatic rings. The van der Waals surface area contributed by atoms with Gasteiger partial charge in [0.1, 0.15) is 5.76 Å². The largest absolute Gasteiger partial charge is 0.507 e. The number of nitrogens with zero attached hydrogens (tertiary/aromatic N) is 3. The molecule has 0 spiro atoms. The molecule has 3 aromatic carbocycles. The van der Waals surface area contributed by atoms with Gasteiger partial charge < -0.3 is 19.5 Å². The van der Waals surface area contributed by atoms with E-state index in [0.29, 0.717) is 22.7 Å². The Morgan fingerprint density at radius 1 is 0.973 bits per heavy atom. The first-order chi connectivity index (χ1) is 17.7. The van der Waals surface area contributed by atoms with Gasteiger partial charge in [-0.2, -0.15) is 0 Å². The number of aliphatic hydroxyl groups excluding tert-OH is 1. The number of nitro groups is 1. The van der Waals surface area contributed by atoms with Gasteiger partial charge in [0.25, 0.3) is 17.4 Å². The SMILES string of the molecule is COc1ccc(C2/C(=C(\O)c3cccc([N+](=O)[O-])c3)C(=O)C(=O)N2c2ccc(N(C)C)cc2)cc1OC. The highest BCUT2D eigenvalue weighted by atomic mass is 16.6. The maximum Gasteiger partial charge on any atom is 0.300 e. The van der Waals surface area contributed by atoms with E-state index < -0.39 is 28.4 Å². The predicted molar refractivity (Wildman–Crippen MR) is 138 cm³/mol. The average molecular weight is 504 g/mol. The summed E-state index contributed by atoms with van der Waals surface area (Å²) in [6, 6.07) is 16.2. The highest BCUT2D eigenvalue weighted by Gasteiger charge is 2.47. The minimum atomic E-state index is -1.04. The number of carbonyl (C=O) groups excluding carboxylic acids is 2. The van der Waals surface area contributed by atoms with Crippen molar-refractivity contribution in [1.82, 2.24) is 0 Å². The highest BCUT2D eigenvalue weighted by molar-refractivity contribution is 6.51. The second kappa shape index (κ2) is 10.0. The lowest BCUT2D eigenvalue weighted by Gasteiger charge is -2.26. The number of hydrogen-bond acceptors (Lipinski definition) is 8. The number of benzene rings is 3. The Labute approximate surface area is 213 Å². The Bertz CT molecular complexity index is 1410. The van der Waals surface area contributed by atoms with Crippen LogP contribution >= 0.6 is 0 Å². The summed E-state index contributed by atoms with van der Waals surface area (Å²) in [5.41, 5.74) is 1.38. The summed E-state index contributed by atoms with van der Waals surface area (Å²) in [5, 5.41) is 22.5. The zero-order valence-electron chi connectivity index (χ0n) is 20.7. The zero-order valence-corrected chi connectivity index (χ0v) is 20.7. The van der Waals surface area contributed by atoms with Crippen molar-refractivity contribution >= 4 is 34.5 Å². The van der Waals surface area contributed by atoms with Crippen molar-refractivity contribution in [2.75, 3.05) is 38.1 Å². The van der Waals surface area contributed by atoms with Crippen LogP contribution in [0.1, 0.15) is 17.2 Å². The molecule has 37 heavy (non-hydrogen) atoms. The van der Waals surface area contributed by atoms with Gasteiger partial charge in [0.15, 0.2) is 11.5 Å². The van der Waals surface area contributed by atoms with Crippen LogP contribution in [0.5, 0.6) is 11.5 Å². The Morgan fingerprint density at radius 3 is 2.24 bits per heavy atom. The summed E-state index contributed by atoms with van der Waals surface area (Å²) in [7, 11) is 6.70. The van der Waals surface area contributed by atoms with Crippen LogP contribution in [0, 0.1) is 10.1 Å². The fourth-order valence-electron chi connectivity index (χ4n) is 4.27. The lowest BCUT2D eigenvalue weighted by Crippen LogP contribution is -2.29. The Balaban J connectivity index is 1.95. The molecule has 1 heterocycles. The molecule has 1 aliphatic rings. The molecule has 0 radical (unpaired) electrons. The van der Waals surface area contributed by atoms with E-state index in [9.17, 15) is 24.8 Å². The first-order valence-electron chi connectivity index (χ1n) is 11.2. The third-order valence-electron chi connectivity index (χ3n) is 6.14. The van der Waals surface area contributed by atoms with Gasteiger partial charge in [0.05, 0.1) is 30.8 Å². The van der Waals surface area contributed by atoms with Crippen molar-refractivity contribution < 1.29 is 29.1 Å². The molecule has 1 aliphatic heterocycles. The number of methoxy groups -OCH3 is 2. The van der Waals surface area contributed by atoms with E-state index in [1.165, 1.54) is 37.3 Å². The molecule has 0 bridgehead atoms.